The van der Waals surface area contributed by atoms with Crippen LogP contribution >= 0.6 is 27.3 Å². The number of carbonyl (C=O) groups is 1. The Morgan fingerprint density at radius 2 is 2.41 bits per heavy atom. The normalized spacial score (nSPS) is 15.5. The highest BCUT2D eigenvalue weighted by molar-refractivity contribution is 9.11. The summed E-state index contributed by atoms with van der Waals surface area (Å²) in [4.78, 5) is 12.8. The third-order valence-corrected chi connectivity index (χ3v) is 4.26. The molecule has 2 N–H and O–H groups in total. The van der Waals surface area contributed by atoms with Crippen molar-refractivity contribution in [3.8, 4) is 0 Å². The largest absolute Gasteiger partial charge is 0.352 e. The predicted molar refractivity (Wildman–Crippen MR) is 74.3 cm³/mol. The van der Waals surface area contributed by atoms with Gasteiger partial charge in [0, 0.05) is 18.0 Å². The fraction of sp³-hybridized carbons (Fsp3) is 0.417. The molecular formula is C12H15BrN2OS. The lowest BCUT2D eigenvalue weighted by atomic mass is 10.1. The van der Waals surface area contributed by atoms with Gasteiger partial charge in [0.05, 0.1) is 10.2 Å². The van der Waals surface area contributed by atoms with Gasteiger partial charge in [0.25, 0.3) is 0 Å². The molecule has 1 aliphatic heterocycles. The number of thiophene rings is 1. The molecule has 2 rings (SSSR count). The highest BCUT2D eigenvalue weighted by Crippen LogP contribution is 2.22. The van der Waals surface area contributed by atoms with E-state index in [9.17, 15) is 4.79 Å². The first-order valence-corrected chi connectivity index (χ1v) is 7.24. The Kier molecular flexibility index (Phi) is 4.76. The lowest BCUT2D eigenvalue weighted by Crippen LogP contribution is -2.30. The van der Waals surface area contributed by atoms with Crippen LogP contribution in [0.1, 0.15) is 11.3 Å². The SMILES string of the molecule is O=C(Cc1ccc(Br)s1)NCC1=CCNCC1. The monoisotopic (exact) mass is 314 g/mol. The molecule has 0 saturated heterocycles. The van der Waals surface area contributed by atoms with E-state index in [1.165, 1.54) is 5.57 Å². The van der Waals surface area contributed by atoms with Crippen LogP contribution < -0.4 is 10.6 Å². The second kappa shape index (κ2) is 6.33. The van der Waals surface area contributed by atoms with Crippen molar-refractivity contribution in [2.75, 3.05) is 19.6 Å². The van der Waals surface area contributed by atoms with Crippen LogP contribution in [0.4, 0.5) is 0 Å². The summed E-state index contributed by atoms with van der Waals surface area (Å²) in [7, 11) is 0. The minimum Gasteiger partial charge on any atom is -0.352 e. The summed E-state index contributed by atoms with van der Waals surface area (Å²) >= 11 is 5.00. The molecule has 92 valence electrons. The van der Waals surface area contributed by atoms with Crippen molar-refractivity contribution < 1.29 is 4.79 Å². The molecular weight excluding hydrogens is 300 g/mol. The number of nitrogens with one attached hydrogen (secondary N) is 2. The van der Waals surface area contributed by atoms with Crippen molar-refractivity contribution in [1.29, 1.82) is 0 Å². The van der Waals surface area contributed by atoms with Gasteiger partial charge < -0.3 is 10.6 Å². The zero-order valence-corrected chi connectivity index (χ0v) is 11.9. The Hall–Kier alpha value is -0.650. The van der Waals surface area contributed by atoms with E-state index < -0.39 is 0 Å². The van der Waals surface area contributed by atoms with Crippen molar-refractivity contribution in [1.82, 2.24) is 10.6 Å². The second-order valence-corrected chi connectivity index (χ2v) is 6.52. The molecule has 5 heteroatoms. The molecule has 1 aromatic rings. The predicted octanol–water partition coefficient (Wildman–Crippen LogP) is 2.09. The van der Waals surface area contributed by atoms with Gasteiger partial charge in [0.2, 0.25) is 5.91 Å². The summed E-state index contributed by atoms with van der Waals surface area (Å²) in [5, 5.41) is 6.22. The van der Waals surface area contributed by atoms with Gasteiger partial charge in [0.1, 0.15) is 0 Å². The summed E-state index contributed by atoms with van der Waals surface area (Å²) in [6.45, 7) is 2.62. The van der Waals surface area contributed by atoms with Crippen LogP contribution in [0.3, 0.4) is 0 Å². The second-order valence-electron chi connectivity index (χ2n) is 3.98. The number of hydrogen-bond donors (Lipinski definition) is 2. The van der Waals surface area contributed by atoms with Gasteiger partial charge in [-0.1, -0.05) is 11.6 Å². The molecule has 0 aliphatic carbocycles. The fourth-order valence-electron chi connectivity index (χ4n) is 1.71. The average molecular weight is 315 g/mol. The van der Waals surface area contributed by atoms with Crippen LogP contribution in [-0.2, 0) is 11.2 Å². The molecule has 0 radical (unpaired) electrons. The van der Waals surface area contributed by atoms with Crippen molar-refractivity contribution in [2.24, 2.45) is 0 Å². The number of amides is 1. The maximum atomic E-state index is 11.7. The fourth-order valence-corrected chi connectivity index (χ4v) is 3.19. The number of rotatable bonds is 4. The minimum atomic E-state index is 0.0961. The number of halogens is 1. The van der Waals surface area contributed by atoms with Crippen LogP contribution in [0.25, 0.3) is 0 Å². The minimum absolute atomic E-state index is 0.0961. The van der Waals surface area contributed by atoms with Crippen molar-refractivity contribution >= 4 is 33.2 Å². The molecule has 2 heterocycles. The molecule has 1 aliphatic rings. The first-order valence-electron chi connectivity index (χ1n) is 5.63. The average Bonchev–Trinajstić information content (AvgIpc) is 2.73. The molecule has 0 bridgehead atoms. The first kappa shape index (κ1) is 12.8. The third-order valence-electron chi connectivity index (χ3n) is 2.63. The van der Waals surface area contributed by atoms with E-state index in [0.29, 0.717) is 13.0 Å². The molecule has 0 fully saturated rings. The van der Waals surface area contributed by atoms with Gasteiger partial charge in [-0.25, -0.2) is 0 Å². The zero-order valence-electron chi connectivity index (χ0n) is 9.46. The third kappa shape index (κ3) is 4.26. The van der Waals surface area contributed by atoms with E-state index >= 15 is 0 Å². The van der Waals surface area contributed by atoms with Gasteiger partial charge in [-0.15, -0.1) is 11.3 Å². The van der Waals surface area contributed by atoms with Crippen molar-refractivity contribution in [2.45, 2.75) is 12.8 Å². The summed E-state index contributed by atoms with van der Waals surface area (Å²) in [6.07, 6.45) is 3.66. The molecule has 1 amide bonds. The Morgan fingerprint density at radius 1 is 1.53 bits per heavy atom. The maximum Gasteiger partial charge on any atom is 0.225 e. The smallest absolute Gasteiger partial charge is 0.225 e. The van der Waals surface area contributed by atoms with Crippen LogP contribution in [0.2, 0.25) is 0 Å². The van der Waals surface area contributed by atoms with Crippen LogP contribution in [0, 0.1) is 0 Å². The van der Waals surface area contributed by atoms with Gasteiger partial charge in [0.15, 0.2) is 0 Å². The molecule has 0 aromatic carbocycles. The molecule has 0 saturated carbocycles. The van der Waals surface area contributed by atoms with E-state index in [4.69, 9.17) is 0 Å². The molecule has 17 heavy (non-hydrogen) atoms. The number of hydrogen-bond acceptors (Lipinski definition) is 3. The van der Waals surface area contributed by atoms with Gasteiger partial charge >= 0.3 is 0 Å². The van der Waals surface area contributed by atoms with Gasteiger partial charge in [-0.05, 0) is 41.0 Å². The Balaban J connectivity index is 1.75. The van der Waals surface area contributed by atoms with E-state index in [0.717, 1.165) is 28.2 Å². The summed E-state index contributed by atoms with van der Waals surface area (Å²) < 4.78 is 1.07. The van der Waals surface area contributed by atoms with Crippen LogP contribution in [-0.4, -0.2) is 25.5 Å². The van der Waals surface area contributed by atoms with Gasteiger partial charge in [-0.2, -0.15) is 0 Å². The summed E-state index contributed by atoms with van der Waals surface area (Å²) in [5.41, 5.74) is 1.32. The summed E-state index contributed by atoms with van der Waals surface area (Å²) in [6, 6.07) is 3.96. The zero-order chi connectivity index (χ0) is 12.1. The Labute approximate surface area is 113 Å². The van der Waals surface area contributed by atoms with Crippen molar-refractivity contribution in [3.05, 3.63) is 32.4 Å². The highest BCUT2D eigenvalue weighted by atomic mass is 79.9. The number of carbonyl (C=O) groups excluding carboxylic acids is 1. The lowest BCUT2D eigenvalue weighted by Gasteiger charge is -2.14. The molecule has 0 unspecified atom stereocenters. The summed E-state index contributed by atoms with van der Waals surface area (Å²) in [5.74, 6) is 0.0961. The first-order chi connectivity index (χ1) is 8.24. The topological polar surface area (TPSA) is 41.1 Å². The van der Waals surface area contributed by atoms with Crippen LogP contribution in [0.15, 0.2) is 27.6 Å². The quantitative estimate of drug-likeness (QED) is 0.836. The maximum absolute atomic E-state index is 11.7. The van der Waals surface area contributed by atoms with E-state index in [2.05, 4.69) is 32.6 Å². The molecule has 0 spiro atoms. The highest BCUT2D eigenvalue weighted by Gasteiger charge is 2.07. The standard InChI is InChI=1S/C12H15BrN2OS/c13-11-2-1-10(17-11)7-12(16)15-8-9-3-5-14-6-4-9/h1-3,14H,4-8H2,(H,15,16). The Bertz CT molecular complexity index is 428. The molecule has 0 atom stereocenters. The van der Waals surface area contributed by atoms with Gasteiger partial charge in [-0.3, -0.25) is 4.79 Å². The van der Waals surface area contributed by atoms with E-state index in [1.54, 1.807) is 11.3 Å². The van der Waals surface area contributed by atoms with Crippen molar-refractivity contribution in [3.63, 3.8) is 0 Å². The lowest BCUT2D eigenvalue weighted by molar-refractivity contribution is -0.120. The van der Waals surface area contributed by atoms with Crippen LogP contribution in [0.5, 0.6) is 0 Å². The van der Waals surface area contributed by atoms with E-state index in [1.807, 2.05) is 12.1 Å². The van der Waals surface area contributed by atoms with E-state index in [-0.39, 0.29) is 5.91 Å². The Morgan fingerprint density at radius 3 is 3.06 bits per heavy atom. The molecule has 3 nitrogen and oxygen atoms in total. The molecule has 1 aromatic heterocycles.